The predicted octanol–water partition coefficient (Wildman–Crippen LogP) is 1.45. The van der Waals surface area contributed by atoms with Crippen molar-refractivity contribution in [3.63, 3.8) is 0 Å². The highest BCUT2D eigenvalue weighted by molar-refractivity contribution is 5.82. The second kappa shape index (κ2) is 6.17. The summed E-state index contributed by atoms with van der Waals surface area (Å²) in [4.78, 5) is 12.2. The van der Waals surface area contributed by atoms with Gasteiger partial charge in [0, 0.05) is 20.2 Å². The molecular formula is C15H22N2O2. The van der Waals surface area contributed by atoms with E-state index in [1.807, 2.05) is 25.1 Å². The van der Waals surface area contributed by atoms with Gasteiger partial charge in [-0.1, -0.05) is 24.3 Å². The minimum Gasteiger partial charge on any atom is -0.380 e. The maximum atomic E-state index is 12.2. The van der Waals surface area contributed by atoms with Gasteiger partial charge < -0.3 is 15.4 Å². The minimum atomic E-state index is -0.260. The van der Waals surface area contributed by atoms with E-state index in [9.17, 15) is 4.79 Å². The summed E-state index contributed by atoms with van der Waals surface area (Å²) in [5, 5.41) is 6.27. The standard InChI is InChI=1S/C15H22N2O2/c1-15(6-7-16-11-15)14(18)17-9-12-4-3-5-13(8-12)10-19-2/h3-5,8,16H,6-7,9-11H2,1-2H3,(H,17,18). The lowest BCUT2D eigenvalue weighted by atomic mass is 9.89. The third-order valence-corrected chi connectivity index (χ3v) is 3.67. The first kappa shape index (κ1) is 14.0. The summed E-state index contributed by atoms with van der Waals surface area (Å²) in [6.45, 7) is 4.88. The van der Waals surface area contributed by atoms with E-state index in [2.05, 4.69) is 16.7 Å². The van der Waals surface area contributed by atoms with Crippen molar-refractivity contribution in [2.24, 2.45) is 5.41 Å². The third-order valence-electron chi connectivity index (χ3n) is 3.67. The number of benzene rings is 1. The van der Waals surface area contributed by atoms with Crippen LogP contribution in [0, 0.1) is 5.41 Å². The topological polar surface area (TPSA) is 50.4 Å². The molecule has 2 rings (SSSR count). The molecule has 0 radical (unpaired) electrons. The van der Waals surface area contributed by atoms with Crippen molar-refractivity contribution >= 4 is 5.91 Å². The number of carbonyl (C=O) groups is 1. The number of hydrogen-bond acceptors (Lipinski definition) is 3. The first-order valence-corrected chi connectivity index (χ1v) is 6.70. The van der Waals surface area contributed by atoms with Crippen LogP contribution >= 0.6 is 0 Å². The van der Waals surface area contributed by atoms with Gasteiger partial charge in [-0.25, -0.2) is 0 Å². The second-order valence-electron chi connectivity index (χ2n) is 5.42. The van der Waals surface area contributed by atoms with Crippen molar-refractivity contribution in [3.05, 3.63) is 35.4 Å². The summed E-state index contributed by atoms with van der Waals surface area (Å²) >= 11 is 0. The van der Waals surface area contributed by atoms with Gasteiger partial charge in [0.25, 0.3) is 0 Å². The number of rotatable bonds is 5. The SMILES string of the molecule is COCc1cccc(CNC(=O)C2(C)CCNC2)c1. The lowest BCUT2D eigenvalue weighted by Crippen LogP contribution is -2.40. The molecule has 0 aromatic heterocycles. The second-order valence-corrected chi connectivity index (χ2v) is 5.42. The molecule has 2 N–H and O–H groups in total. The number of methoxy groups -OCH3 is 1. The van der Waals surface area contributed by atoms with Crippen LogP contribution in [0.3, 0.4) is 0 Å². The molecule has 1 aromatic rings. The van der Waals surface area contributed by atoms with Crippen molar-refractivity contribution in [3.8, 4) is 0 Å². The molecule has 1 saturated heterocycles. The van der Waals surface area contributed by atoms with Crippen molar-refractivity contribution in [2.45, 2.75) is 26.5 Å². The zero-order valence-electron chi connectivity index (χ0n) is 11.7. The number of nitrogens with one attached hydrogen (secondary N) is 2. The van der Waals surface area contributed by atoms with Gasteiger partial charge in [-0.3, -0.25) is 4.79 Å². The molecule has 1 unspecified atom stereocenters. The number of carbonyl (C=O) groups excluding carboxylic acids is 1. The highest BCUT2D eigenvalue weighted by Gasteiger charge is 2.35. The van der Waals surface area contributed by atoms with E-state index in [0.29, 0.717) is 13.2 Å². The quantitative estimate of drug-likeness (QED) is 0.844. The highest BCUT2D eigenvalue weighted by atomic mass is 16.5. The van der Waals surface area contributed by atoms with Crippen LogP contribution < -0.4 is 10.6 Å². The summed E-state index contributed by atoms with van der Waals surface area (Å²) in [7, 11) is 1.68. The van der Waals surface area contributed by atoms with E-state index in [1.165, 1.54) is 0 Å². The van der Waals surface area contributed by atoms with Crippen molar-refractivity contribution in [2.75, 3.05) is 20.2 Å². The Labute approximate surface area is 114 Å². The van der Waals surface area contributed by atoms with E-state index in [0.717, 1.165) is 30.6 Å². The van der Waals surface area contributed by atoms with Gasteiger partial charge in [-0.05, 0) is 31.0 Å². The maximum Gasteiger partial charge on any atom is 0.227 e. The molecule has 1 amide bonds. The molecule has 1 aliphatic heterocycles. The van der Waals surface area contributed by atoms with Gasteiger partial charge in [-0.15, -0.1) is 0 Å². The lowest BCUT2D eigenvalue weighted by Gasteiger charge is -2.21. The average Bonchev–Trinajstić information content (AvgIpc) is 2.85. The average molecular weight is 262 g/mol. The largest absolute Gasteiger partial charge is 0.380 e. The maximum absolute atomic E-state index is 12.2. The monoisotopic (exact) mass is 262 g/mol. The van der Waals surface area contributed by atoms with Crippen LogP contribution in [-0.4, -0.2) is 26.1 Å². The fourth-order valence-electron chi connectivity index (χ4n) is 2.40. The Bertz CT molecular complexity index is 440. The molecule has 1 heterocycles. The van der Waals surface area contributed by atoms with Crippen LogP contribution in [0.15, 0.2) is 24.3 Å². The van der Waals surface area contributed by atoms with Gasteiger partial charge in [0.2, 0.25) is 5.91 Å². The molecule has 1 aromatic carbocycles. The number of amides is 1. The summed E-state index contributed by atoms with van der Waals surface area (Å²) < 4.78 is 5.11. The zero-order chi connectivity index (χ0) is 13.7. The van der Waals surface area contributed by atoms with Crippen LogP contribution in [-0.2, 0) is 22.7 Å². The first-order chi connectivity index (χ1) is 9.14. The molecule has 4 heteroatoms. The van der Waals surface area contributed by atoms with Crippen LogP contribution in [0.5, 0.6) is 0 Å². The van der Waals surface area contributed by atoms with Crippen molar-refractivity contribution in [1.82, 2.24) is 10.6 Å². The van der Waals surface area contributed by atoms with E-state index < -0.39 is 0 Å². The normalized spacial score (nSPS) is 22.4. The van der Waals surface area contributed by atoms with E-state index >= 15 is 0 Å². The zero-order valence-corrected chi connectivity index (χ0v) is 11.7. The predicted molar refractivity (Wildman–Crippen MR) is 74.6 cm³/mol. The Morgan fingerprint density at radius 3 is 2.95 bits per heavy atom. The molecule has 104 valence electrons. The molecule has 0 spiro atoms. The summed E-state index contributed by atoms with van der Waals surface area (Å²) in [5.41, 5.74) is 1.98. The fourth-order valence-corrected chi connectivity index (χ4v) is 2.40. The molecule has 1 fully saturated rings. The van der Waals surface area contributed by atoms with Gasteiger partial charge in [-0.2, -0.15) is 0 Å². The first-order valence-electron chi connectivity index (χ1n) is 6.70. The summed E-state index contributed by atoms with van der Waals surface area (Å²) in [6, 6.07) is 8.11. The highest BCUT2D eigenvalue weighted by Crippen LogP contribution is 2.24. The number of ether oxygens (including phenoxy) is 1. The smallest absolute Gasteiger partial charge is 0.227 e. The molecule has 0 aliphatic carbocycles. The molecule has 1 aliphatic rings. The van der Waals surface area contributed by atoms with Crippen molar-refractivity contribution in [1.29, 1.82) is 0 Å². The third kappa shape index (κ3) is 3.55. The van der Waals surface area contributed by atoms with Crippen molar-refractivity contribution < 1.29 is 9.53 Å². The van der Waals surface area contributed by atoms with Crippen LogP contribution in [0.4, 0.5) is 0 Å². The van der Waals surface area contributed by atoms with E-state index in [-0.39, 0.29) is 11.3 Å². The molecule has 0 bridgehead atoms. The van der Waals surface area contributed by atoms with Gasteiger partial charge in [0.05, 0.1) is 12.0 Å². The van der Waals surface area contributed by atoms with Crippen LogP contribution in [0.2, 0.25) is 0 Å². The summed E-state index contributed by atoms with van der Waals surface area (Å²) in [5.74, 6) is 0.134. The summed E-state index contributed by atoms with van der Waals surface area (Å²) in [6.07, 6.45) is 0.905. The van der Waals surface area contributed by atoms with Crippen LogP contribution in [0.25, 0.3) is 0 Å². The Morgan fingerprint density at radius 1 is 1.47 bits per heavy atom. The van der Waals surface area contributed by atoms with E-state index in [1.54, 1.807) is 7.11 Å². The molecule has 4 nitrogen and oxygen atoms in total. The minimum absolute atomic E-state index is 0.134. The van der Waals surface area contributed by atoms with Gasteiger partial charge in [0.15, 0.2) is 0 Å². The van der Waals surface area contributed by atoms with Crippen LogP contribution in [0.1, 0.15) is 24.5 Å². The fraction of sp³-hybridized carbons (Fsp3) is 0.533. The Balaban J connectivity index is 1.91. The van der Waals surface area contributed by atoms with Gasteiger partial charge >= 0.3 is 0 Å². The van der Waals surface area contributed by atoms with E-state index in [4.69, 9.17) is 4.74 Å². The molecular weight excluding hydrogens is 240 g/mol. The molecule has 0 saturated carbocycles. The Morgan fingerprint density at radius 2 is 2.26 bits per heavy atom. The number of hydrogen-bond donors (Lipinski definition) is 2. The van der Waals surface area contributed by atoms with Gasteiger partial charge in [0.1, 0.15) is 0 Å². The Kier molecular flexibility index (Phi) is 4.56. The Hall–Kier alpha value is -1.39. The molecule has 19 heavy (non-hydrogen) atoms. The molecule has 1 atom stereocenters. The lowest BCUT2D eigenvalue weighted by molar-refractivity contribution is -0.129.